The number of anilines is 2. The smallest absolute Gasteiger partial charge is 0.297 e. The van der Waals surface area contributed by atoms with E-state index >= 15 is 0 Å². The van der Waals surface area contributed by atoms with Crippen LogP contribution in [0.3, 0.4) is 0 Å². The molecule has 0 unspecified atom stereocenters. The number of nitrogens with zero attached hydrogens (tertiary/aromatic N) is 2. The first-order chi connectivity index (χ1) is 17.7. The van der Waals surface area contributed by atoms with E-state index in [1.54, 1.807) is 30.3 Å². The second kappa shape index (κ2) is 10.8. The molecule has 3 amide bonds. The Bertz CT molecular complexity index is 1410. The minimum Gasteiger partial charge on any atom is -0.491 e. The molecule has 2 aromatic carbocycles. The van der Waals surface area contributed by atoms with E-state index < -0.39 is 35.0 Å². The predicted octanol–water partition coefficient (Wildman–Crippen LogP) is 3.31. The van der Waals surface area contributed by atoms with Crippen molar-refractivity contribution in [2.24, 2.45) is 11.8 Å². The minimum absolute atomic E-state index is 0.0127. The molecule has 0 bridgehead atoms. The van der Waals surface area contributed by atoms with Gasteiger partial charge in [0.1, 0.15) is 5.82 Å². The zero-order valence-corrected chi connectivity index (χ0v) is 20.8. The first kappa shape index (κ1) is 25.9. The second-order valence-electron chi connectivity index (χ2n) is 8.54. The number of nitrogens with one attached hydrogen (secondary N) is 2. The van der Waals surface area contributed by atoms with Gasteiger partial charge in [0.2, 0.25) is 17.7 Å². The van der Waals surface area contributed by atoms with Crippen LogP contribution < -0.4 is 20.9 Å². The van der Waals surface area contributed by atoms with E-state index in [0.717, 1.165) is 6.07 Å². The number of halogens is 2. The number of likely N-dealkylation sites (tertiary alicyclic amines) is 1. The van der Waals surface area contributed by atoms with Crippen molar-refractivity contribution in [2.75, 3.05) is 30.8 Å². The van der Waals surface area contributed by atoms with Gasteiger partial charge in [0.05, 0.1) is 30.3 Å². The molecule has 1 aliphatic heterocycles. The third-order valence-corrected chi connectivity index (χ3v) is 6.42. The van der Waals surface area contributed by atoms with Crippen LogP contribution in [0.5, 0.6) is 5.75 Å². The summed E-state index contributed by atoms with van der Waals surface area (Å²) in [5, 5.41) is 5.76. The SMILES string of the molecule is COc1cccn(-c2ccc(NC(=O)[C@H]3CN(C(C)=O)C[C@@H]3C(=O)Nc3ccc(Cl)cc3)c(F)c2)c1=O. The molecular formula is C26H24ClFN4O5. The van der Waals surface area contributed by atoms with Crippen LogP contribution in [0, 0.1) is 17.7 Å². The number of amides is 3. The summed E-state index contributed by atoms with van der Waals surface area (Å²) in [6, 6.07) is 13.5. The van der Waals surface area contributed by atoms with Gasteiger partial charge in [-0.15, -0.1) is 0 Å². The van der Waals surface area contributed by atoms with E-state index in [0.29, 0.717) is 10.7 Å². The third-order valence-electron chi connectivity index (χ3n) is 6.17. The Morgan fingerprint density at radius 2 is 1.65 bits per heavy atom. The number of rotatable bonds is 6. The number of aromatic nitrogens is 1. The van der Waals surface area contributed by atoms with Crippen molar-refractivity contribution in [1.29, 1.82) is 0 Å². The Kier molecular flexibility index (Phi) is 7.58. The largest absolute Gasteiger partial charge is 0.491 e. The number of ether oxygens (including phenoxy) is 1. The maximum Gasteiger partial charge on any atom is 0.297 e. The summed E-state index contributed by atoms with van der Waals surface area (Å²) in [4.78, 5) is 52.0. The standard InChI is InChI=1S/C26H24ClFN4O5/c1-15(33)31-13-19(24(34)29-17-7-5-16(27)6-8-17)20(14-31)25(35)30-22-10-9-18(12-21(22)28)32-11-3-4-23(37-2)26(32)36/h3-12,19-20H,13-14H2,1-2H3,(H,29,34)(H,30,35)/t19-,20-/m0/s1. The minimum atomic E-state index is -0.906. The van der Waals surface area contributed by atoms with E-state index in [4.69, 9.17) is 16.3 Å². The number of carbonyl (C=O) groups excluding carboxylic acids is 3. The van der Waals surface area contributed by atoms with Gasteiger partial charge in [0.15, 0.2) is 5.75 Å². The Hall–Kier alpha value is -4.18. The van der Waals surface area contributed by atoms with Gasteiger partial charge in [0, 0.05) is 43.0 Å². The fraction of sp³-hybridized carbons (Fsp3) is 0.231. The number of methoxy groups -OCH3 is 1. The summed E-state index contributed by atoms with van der Waals surface area (Å²) in [6.07, 6.45) is 1.47. The van der Waals surface area contributed by atoms with E-state index in [-0.39, 0.29) is 36.1 Å². The molecule has 3 aromatic rings. The van der Waals surface area contributed by atoms with Gasteiger partial charge in [-0.1, -0.05) is 11.6 Å². The average Bonchev–Trinajstić information content (AvgIpc) is 3.33. The topological polar surface area (TPSA) is 110 Å². The van der Waals surface area contributed by atoms with Crippen molar-refractivity contribution in [3.05, 3.63) is 82.0 Å². The predicted molar refractivity (Wildman–Crippen MR) is 136 cm³/mol. The fourth-order valence-corrected chi connectivity index (χ4v) is 4.30. The van der Waals surface area contributed by atoms with Crippen LogP contribution in [0.25, 0.3) is 5.69 Å². The van der Waals surface area contributed by atoms with Crippen LogP contribution in [-0.2, 0) is 14.4 Å². The van der Waals surface area contributed by atoms with E-state index in [2.05, 4.69) is 10.6 Å². The molecule has 192 valence electrons. The van der Waals surface area contributed by atoms with Gasteiger partial charge in [0.25, 0.3) is 5.56 Å². The Balaban J connectivity index is 1.53. The molecule has 2 N–H and O–H groups in total. The van der Waals surface area contributed by atoms with Gasteiger partial charge in [-0.25, -0.2) is 4.39 Å². The monoisotopic (exact) mass is 526 g/mol. The summed E-state index contributed by atoms with van der Waals surface area (Å²) in [5.41, 5.74) is 0.140. The zero-order chi connectivity index (χ0) is 26.7. The summed E-state index contributed by atoms with van der Waals surface area (Å²) in [7, 11) is 1.36. The first-order valence-electron chi connectivity index (χ1n) is 11.4. The summed E-state index contributed by atoms with van der Waals surface area (Å²) < 4.78 is 21.2. The van der Waals surface area contributed by atoms with Gasteiger partial charge in [-0.2, -0.15) is 0 Å². The van der Waals surface area contributed by atoms with Crippen LogP contribution in [0.4, 0.5) is 15.8 Å². The molecule has 1 aliphatic rings. The lowest BCUT2D eigenvalue weighted by molar-refractivity contribution is -0.128. The maximum atomic E-state index is 15.0. The number of pyridine rings is 1. The highest BCUT2D eigenvalue weighted by Crippen LogP contribution is 2.28. The van der Waals surface area contributed by atoms with Crippen molar-refractivity contribution < 1.29 is 23.5 Å². The molecule has 2 atom stereocenters. The molecule has 0 radical (unpaired) electrons. The van der Waals surface area contributed by atoms with Crippen molar-refractivity contribution in [3.63, 3.8) is 0 Å². The van der Waals surface area contributed by atoms with Gasteiger partial charge in [-0.05, 0) is 48.5 Å². The van der Waals surface area contributed by atoms with Gasteiger partial charge >= 0.3 is 0 Å². The van der Waals surface area contributed by atoms with E-state index in [1.807, 2.05) is 0 Å². The Morgan fingerprint density at radius 3 is 2.24 bits per heavy atom. The Morgan fingerprint density at radius 1 is 1.00 bits per heavy atom. The molecule has 0 saturated carbocycles. The quantitative estimate of drug-likeness (QED) is 0.512. The normalized spacial score (nSPS) is 16.8. The highest BCUT2D eigenvalue weighted by Gasteiger charge is 2.43. The molecule has 1 aromatic heterocycles. The maximum absolute atomic E-state index is 15.0. The molecule has 37 heavy (non-hydrogen) atoms. The van der Waals surface area contributed by atoms with Crippen LogP contribution in [0.2, 0.25) is 5.02 Å². The van der Waals surface area contributed by atoms with Gasteiger partial charge in [-0.3, -0.25) is 23.7 Å². The second-order valence-corrected chi connectivity index (χ2v) is 8.97. The highest BCUT2D eigenvalue weighted by atomic mass is 35.5. The first-order valence-corrected chi connectivity index (χ1v) is 11.7. The number of carbonyl (C=O) groups is 3. The number of benzene rings is 2. The molecule has 0 spiro atoms. The van der Waals surface area contributed by atoms with Gasteiger partial charge < -0.3 is 20.3 Å². The van der Waals surface area contributed by atoms with E-state index in [9.17, 15) is 23.6 Å². The molecule has 1 saturated heterocycles. The number of hydrogen-bond donors (Lipinski definition) is 2. The molecule has 0 aliphatic carbocycles. The summed E-state index contributed by atoms with van der Waals surface area (Å²) in [6.45, 7) is 1.42. The molecule has 11 heteroatoms. The van der Waals surface area contributed by atoms with Crippen LogP contribution in [0.15, 0.2) is 65.6 Å². The van der Waals surface area contributed by atoms with Crippen molar-refractivity contribution in [3.8, 4) is 11.4 Å². The van der Waals surface area contributed by atoms with Crippen molar-refractivity contribution in [1.82, 2.24) is 9.47 Å². The van der Waals surface area contributed by atoms with Crippen LogP contribution >= 0.6 is 11.6 Å². The molecular weight excluding hydrogens is 503 g/mol. The lowest BCUT2D eigenvalue weighted by Gasteiger charge is -2.18. The molecule has 4 rings (SSSR count). The van der Waals surface area contributed by atoms with Crippen molar-refractivity contribution in [2.45, 2.75) is 6.92 Å². The lowest BCUT2D eigenvalue weighted by Crippen LogP contribution is -2.35. The lowest BCUT2D eigenvalue weighted by atomic mass is 9.94. The fourth-order valence-electron chi connectivity index (χ4n) is 4.17. The Labute approximate surface area is 216 Å². The van der Waals surface area contributed by atoms with Crippen LogP contribution in [-0.4, -0.2) is 47.4 Å². The highest BCUT2D eigenvalue weighted by molar-refractivity contribution is 6.30. The zero-order valence-electron chi connectivity index (χ0n) is 20.0. The molecule has 2 heterocycles. The van der Waals surface area contributed by atoms with Crippen LogP contribution in [0.1, 0.15) is 6.92 Å². The third kappa shape index (κ3) is 5.64. The molecule has 9 nitrogen and oxygen atoms in total. The molecule has 1 fully saturated rings. The summed E-state index contributed by atoms with van der Waals surface area (Å²) >= 11 is 5.89. The van der Waals surface area contributed by atoms with Crippen molar-refractivity contribution >= 4 is 40.7 Å². The number of hydrogen-bond acceptors (Lipinski definition) is 5. The summed E-state index contributed by atoms with van der Waals surface area (Å²) in [5.74, 6) is -3.76. The average molecular weight is 527 g/mol. The van der Waals surface area contributed by atoms with E-state index in [1.165, 1.54) is 47.9 Å².